The number of hydrogen-bond acceptors (Lipinski definition) is 7. The Hall–Kier alpha value is -0.570. The molecule has 168 valence electrons. The molecule has 6 aliphatic rings. The predicted octanol–water partition coefficient (Wildman–Crippen LogP) is 0.463. The molecule has 0 amide bonds. The van der Waals surface area contributed by atoms with Crippen molar-refractivity contribution in [2.45, 2.75) is 68.2 Å². The van der Waals surface area contributed by atoms with Crippen LogP contribution in [-0.4, -0.2) is 90.9 Å². The number of hydrogen-bond donors (Lipinski definition) is 2. The summed E-state index contributed by atoms with van der Waals surface area (Å²) in [6, 6.07) is -0.410. The van der Waals surface area contributed by atoms with Gasteiger partial charge in [0, 0.05) is 57.5 Å². The van der Waals surface area contributed by atoms with E-state index in [-0.39, 0.29) is 60.1 Å². The second kappa shape index (κ2) is 6.06. The van der Waals surface area contributed by atoms with Crippen molar-refractivity contribution in [2.24, 2.45) is 35.0 Å². The molecular formula is C23H35NO6. The number of carbonyl (C=O) groups excluding carboxylic acids is 1. The quantitative estimate of drug-likeness (QED) is 0.682. The van der Waals surface area contributed by atoms with E-state index in [1.165, 1.54) is 0 Å². The van der Waals surface area contributed by atoms with Crippen LogP contribution in [0.15, 0.2) is 0 Å². The summed E-state index contributed by atoms with van der Waals surface area (Å²) < 4.78 is 17.9. The van der Waals surface area contributed by atoms with Gasteiger partial charge in [-0.25, -0.2) is 0 Å². The number of fused-ring (bicyclic) bond motifs is 2. The minimum Gasteiger partial charge on any atom is -0.386 e. The first-order valence-electron chi connectivity index (χ1n) is 11.7. The molecule has 5 saturated carbocycles. The van der Waals surface area contributed by atoms with Crippen molar-refractivity contribution in [1.29, 1.82) is 0 Å². The third-order valence-corrected chi connectivity index (χ3v) is 10.6. The molecule has 0 aromatic rings. The van der Waals surface area contributed by atoms with Gasteiger partial charge in [-0.2, -0.15) is 0 Å². The number of ether oxygens (including phenoxy) is 3. The minimum atomic E-state index is -1.81. The second-order valence-corrected chi connectivity index (χ2v) is 10.8. The highest BCUT2D eigenvalue weighted by Gasteiger charge is 2.90. The number of rotatable bonds is 4. The predicted molar refractivity (Wildman–Crippen MR) is 107 cm³/mol. The molecular weight excluding hydrogens is 386 g/mol. The molecule has 0 aromatic heterocycles. The Balaban J connectivity index is 1.66. The summed E-state index contributed by atoms with van der Waals surface area (Å²) in [5.41, 5.74) is -3.83. The van der Waals surface area contributed by atoms with Crippen LogP contribution in [0.5, 0.6) is 0 Å². The molecule has 6 fully saturated rings. The lowest BCUT2D eigenvalue weighted by Gasteiger charge is -2.67. The van der Waals surface area contributed by atoms with E-state index in [0.717, 1.165) is 32.4 Å². The zero-order valence-electron chi connectivity index (χ0n) is 18.4. The van der Waals surface area contributed by atoms with Gasteiger partial charge in [-0.15, -0.1) is 0 Å². The number of Topliss-reactive ketones (excluding diaryl/α,β-unsaturated/α-hetero) is 1. The maximum absolute atomic E-state index is 14.2. The van der Waals surface area contributed by atoms with Gasteiger partial charge in [0.05, 0.1) is 24.4 Å². The zero-order valence-corrected chi connectivity index (χ0v) is 18.4. The fourth-order valence-corrected chi connectivity index (χ4v) is 9.99. The third kappa shape index (κ3) is 1.76. The molecule has 7 nitrogen and oxygen atoms in total. The van der Waals surface area contributed by atoms with Crippen LogP contribution in [0.3, 0.4) is 0 Å². The molecule has 7 bridgehead atoms. The maximum Gasteiger partial charge on any atom is 0.173 e. The van der Waals surface area contributed by atoms with E-state index in [9.17, 15) is 15.0 Å². The highest BCUT2D eigenvalue weighted by Crippen LogP contribution is 2.77. The molecule has 0 aromatic carbocycles. The molecule has 6 rings (SSSR count). The Morgan fingerprint density at radius 2 is 1.90 bits per heavy atom. The van der Waals surface area contributed by atoms with E-state index in [4.69, 9.17) is 14.2 Å². The highest BCUT2D eigenvalue weighted by atomic mass is 16.5. The van der Waals surface area contributed by atoms with E-state index in [0.29, 0.717) is 0 Å². The van der Waals surface area contributed by atoms with E-state index >= 15 is 0 Å². The van der Waals surface area contributed by atoms with Crippen LogP contribution >= 0.6 is 0 Å². The fourth-order valence-electron chi connectivity index (χ4n) is 9.99. The van der Waals surface area contributed by atoms with Gasteiger partial charge in [0.15, 0.2) is 11.4 Å². The Morgan fingerprint density at radius 1 is 1.13 bits per heavy atom. The van der Waals surface area contributed by atoms with Gasteiger partial charge in [0.25, 0.3) is 0 Å². The summed E-state index contributed by atoms with van der Waals surface area (Å²) in [6.45, 7) is 3.66. The number of likely N-dealkylation sites (N-methyl/N-ethyl adjacent to an activating group) is 1. The van der Waals surface area contributed by atoms with Crippen molar-refractivity contribution in [3.63, 3.8) is 0 Å². The SMILES string of the molecule is CCN1C[C@@H]2CC[C@H](OC)[C@@]34[C@@H]5C[C@H]6[C@H](OC)[C@@H]5[C@](O)(C[C@@H]6OC)[C@@](O)(C(=O)[C@H]23)[C@@H]14. The van der Waals surface area contributed by atoms with Crippen LogP contribution in [0.25, 0.3) is 0 Å². The first-order chi connectivity index (χ1) is 14.4. The van der Waals surface area contributed by atoms with Gasteiger partial charge < -0.3 is 24.4 Å². The molecule has 7 heteroatoms. The number of ketones is 1. The summed E-state index contributed by atoms with van der Waals surface area (Å²) in [7, 11) is 5.10. The first kappa shape index (κ1) is 20.1. The van der Waals surface area contributed by atoms with Crippen LogP contribution in [0.1, 0.15) is 32.6 Å². The smallest absolute Gasteiger partial charge is 0.173 e. The Kier molecular flexibility index (Phi) is 4.05. The van der Waals surface area contributed by atoms with Crippen molar-refractivity contribution < 1.29 is 29.2 Å². The summed E-state index contributed by atoms with van der Waals surface area (Å²) in [6.07, 6.45) is 2.44. The molecule has 1 heterocycles. The van der Waals surface area contributed by atoms with Crippen LogP contribution in [0, 0.1) is 35.0 Å². The zero-order chi connectivity index (χ0) is 21.2. The normalized spacial score (nSPS) is 60.9. The number of methoxy groups -OCH3 is 3. The van der Waals surface area contributed by atoms with Crippen LogP contribution in [-0.2, 0) is 19.0 Å². The lowest BCUT2D eigenvalue weighted by atomic mass is 9.45. The maximum atomic E-state index is 14.2. The summed E-state index contributed by atoms with van der Waals surface area (Å²) in [4.78, 5) is 16.5. The van der Waals surface area contributed by atoms with Crippen molar-refractivity contribution in [1.82, 2.24) is 4.90 Å². The topological polar surface area (TPSA) is 88.5 Å². The second-order valence-electron chi connectivity index (χ2n) is 10.8. The van der Waals surface area contributed by atoms with Gasteiger partial charge in [0.1, 0.15) is 5.60 Å². The monoisotopic (exact) mass is 421 g/mol. The van der Waals surface area contributed by atoms with Gasteiger partial charge in [-0.1, -0.05) is 6.92 Å². The average molecular weight is 422 g/mol. The van der Waals surface area contributed by atoms with Gasteiger partial charge in [-0.3, -0.25) is 9.69 Å². The Labute approximate surface area is 178 Å². The molecule has 1 aliphatic heterocycles. The van der Waals surface area contributed by atoms with Gasteiger partial charge in [-0.05, 0) is 37.6 Å². The largest absolute Gasteiger partial charge is 0.386 e. The standard InChI is InChI=1S/C23H35NO6/c1-5-24-10-11-6-7-15(29-3)22-13-8-12-14(28-2)9-21(26,17(13)18(12)30-4)23(27,20(22)24)19(25)16(11)22/h11-18,20,26-27H,5-10H2,1-4H3/t11-,12+,13+,14-,15-,16-,17+,18-,20-,21+,22-,23+/m0/s1. The minimum absolute atomic E-state index is 0.0708. The van der Waals surface area contributed by atoms with E-state index in [2.05, 4.69) is 11.8 Å². The molecule has 1 saturated heterocycles. The summed E-state index contributed by atoms with van der Waals surface area (Å²) in [5.74, 6) is -0.212. The molecule has 30 heavy (non-hydrogen) atoms. The Morgan fingerprint density at radius 3 is 2.53 bits per heavy atom. The third-order valence-electron chi connectivity index (χ3n) is 10.6. The van der Waals surface area contributed by atoms with Crippen LogP contribution in [0.2, 0.25) is 0 Å². The summed E-state index contributed by atoms with van der Waals surface area (Å²) in [5, 5.41) is 24.8. The van der Waals surface area contributed by atoms with Crippen molar-refractivity contribution in [3.05, 3.63) is 0 Å². The lowest BCUT2D eigenvalue weighted by molar-refractivity contribution is -0.305. The van der Waals surface area contributed by atoms with E-state index < -0.39 is 22.7 Å². The molecule has 0 radical (unpaired) electrons. The van der Waals surface area contributed by atoms with Crippen molar-refractivity contribution >= 4 is 5.78 Å². The summed E-state index contributed by atoms with van der Waals surface area (Å²) >= 11 is 0. The molecule has 5 aliphatic carbocycles. The highest BCUT2D eigenvalue weighted by molar-refractivity contribution is 5.97. The van der Waals surface area contributed by atoms with Gasteiger partial charge >= 0.3 is 0 Å². The van der Waals surface area contributed by atoms with Gasteiger partial charge in [0.2, 0.25) is 0 Å². The molecule has 1 spiro atoms. The first-order valence-corrected chi connectivity index (χ1v) is 11.7. The number of carbonyl (C=O) groups is 1. The lowest BCUT2D eigenvalue weighted by Crippen LogP contribution is -2.81. The van der Waals surface area contributed by atoms with Crippen molar-refractivity contribution in [3.8, 4) is 0 Å². The molecule has 2 N–H and O–H groups in total. The fraction of sp³-hybridized carbons (Fsp3) is 0.957. The number of nitrogens with zero attached hydrogens (tertiary/aromatic N) is 1. The number of piperidine rings is 1. The Bertz CT molecular complexity index is 777. The van der Waals surface area contributed by atoms with Crippen molar-refractivity contribution in [2.75, 3.05) is 34.4 Å². The van der Waals surface area contributed by atoms with Crippen LogP contribution in [0.4, 0.5) is 0 Å². The number of likely N-dealkylation sites (tertiary alicyclic amines) is 1. The average Bonchev–Trinajstić information content (AvgIpc) is 3.14. The van der Waals surface area contributed by atoms with Crippen LogP contribution < -0.4 is 0 Å². The molecule has 0 unspecified atom stereocenters. The molecule has 12 atom stereocenters. The van der Waals surface area contributed by atoms with E-state index in [1.54, 1.807) is 21.3 Å². The van der Waals surface area contributed by atoms with E-state index in [1.807, 2.05) is 0 Å². The number of aliphatic hydroxyl groups is 2.